The van der Waals surface area contributed by atoms with Gasteiger partial charge in [0.25, 0.3) is 0 Å². The SMILES string of the molecule is O=C(C[C@@H]1C=CS(=O)(=O)C1)N1CCN(c2ccc3ccccc3c2)CC1. The summed E-state index contributed by atoms with van der Waals surface area (Å²) in [5, 5.41) is 3.69. The van der Waals surface area contributed by atoms with Crippen LogP contribution < -0.4 is 4.90 Å². The van der Waals surface area contributed by atoms with Crippen LogP contribution in [0.4, 0.5) is 5.69 Å². The highest BCUT2D eigenvalue weighted by Gasteiger charge is 2.27. The summed E-state index contributed by atoms with van der Waals surface area (Å²) < 4.78 is 22.9. The zero-order valence-corrected chi connectivity index (χ0v) is 15.4. The Morgan fingerprint density at radius 3 is 2.42 bits per heavy atom. The lowest BCUT2D eigenvalue weighted by Crippen LogP contribution is -2.49. The fourth-order valence-corrected chi connectivity index (χ4v) is 5.11. The van der Waals surface area contributed by atoms with Gasteiger partial charge in [-0.3, -0.25) is 4.79 Å². The van der Waals surface area contributed by atoms with Crippen LogP contribution in [-0.2, 0) is 14.6 Å². The third-order valence-electron chi connectivity index (χ3n) is 5.17. The molecule has 1 amide bonds. The Morgan fingerprint density at radius 2 is 1.73 bits per heavy atom. The van der Waals surface area contributed by atoms with E-state index in [-0.39, 0.29) is 24.0 Å². The minimum atomic E-state index is -3.09. The third-order valence-corrected chi connectivity index (χ3v) is 6.64. The number of nitrogens with zero attached hydrogens (tertiary/aromatic N) is 2. The lowest BCUT2D eigenvalue weighted by atomic mass is 10.1. The molecule has 2 aromatic rings. The van der Waals surface area contributed by atoms with Crippen molar-refractivity contribution in [3.63, 3.8) is 0 Å². The van der Waals surface area contributed by atoms with Crippen molar-refractivity contribution in [2.75, 3.05) is 36.8 Å². The maximum Gasteiger partial charge on any atom is 0.223 e. The van der Waals surface area contributed by atoms with Gasteiger partial charge in [0.05, 0.1) is 5.75 Å². The maximum atomic E-state index is 12.5. The van der Waals surface area contributed by atoms with E-state index in [9.17, 15) is 13.2 Å². The van der Waals surface area contributed by atoms with E-state index in [1.165, 1.54) is 21.9 Å². The molecule has 2 aliphatic heterocycles. The van der Waals surface area contributed by atoms with Crippen molar-refractivity contribution in [1.29, 1.82) is 0 Å². The summed E-state index contributed by atoms with van der Waals surface area (Å²) in [5.74, 6) is -0.0589. The Kier molecular flexibility index (Phi) is 4.44. The number of sulfone groups is 1. The van der Waals surface area contributed by atoms with Crippen molar-refractivity contribution in [2.24, 2.45) is 5.92 Å². The first-order valence-corrected chi connectivity index (χ1v) is 10.6. The fourth-order valence-electron chi connectivity index (χ4n) is 3.71. The summed E-state index contributed by atoms with van der Waals surface area (Å²) in [7, 11) is -3.09. The van der Waals surface area contributed by atoms with Crippen LogP contribution in [0, 0.1) is 5.92 Å². The number of piperazine rings is 1. The van der Waals surface area contributed by atoms with Gasteiger partial charge >= 0.3 is 0 Å². The van der Waals surface area contributed by atoms with Crippen LogP contribution in [0.2, 0.25) is 0 Å². The number of hydrogen-bond acceptors (Lipinski definition) is 4. The zero-order chi connectivity index (χ0) is 18.1. The molecule has 1 saturated heterocycles. The summed E-state index contributed by atoms with van der Waals surface area (Å²) in [4.78, 5) is 16.6. The van der Waals surface area contributed by atoms with Crippen molar-refractivity contribution >= 4 is 32.2 Å². The number of amides is 1. The zero-order valence-electron chi connectivity index (χ0n) is 14.5. The average molecular weight is 370 g/mol. The molecule has 4 rings (SSSR count). The number of benzene rings is 2. The molecule has 0 spiro atoms. The van der Waals surface area contributed by atoms with E-state index >= 15 is 0 Å². The van der Waals surface area contributed by atoms with Gasteiger partial charge in [0.1, 0.15) is 0 Å². The molecular weight excluding hydrogens is 348 g/mol. The predicted octanol–water partition coefficient (Wildman–Crippen LogP) is 2.44. The number of rotatable bonds is 3. The molecule has 1 fully saturated rings. The number of hydrogen-bond donors (Lipinski definition) is 0. The van der Waals surface area contributed by atoms with Crippen LogP contribution in [0.5, 0.6) is 0 Å². The molecule has 2 aromatic carbocycles. The van der Waals surface area contributed by atoms with Gasteiger partial charge in [-0.25, -0.2) is 8.42 Å². The second-order valence-electron chi connectivity index (χ2n) is 7.02. The molecule has 0 unspecified atom stereocenters. The number of carbonyl (C=O) groups excluding carboxylic acids is 1. The maximum absolute atomic E-state index is 12.5. The lowest BCUT2D eigenvalue weighted by molar-refractivity contribution is -0.132. The van der Waals surface area contributed by atoms with Gasteiger partial charge in [-0.05, 0) is 22.9 Å². The van der Waals surface area contributed by atoms with Crippen LogP contribution in [0.15, 0.2) is 53.9 Å². The number of anilines is 1. The predicted molar refractivity (Wildman–Crippen MR) is 104 cm³/mol. The van der Waals surface area contributed by atoms with Gasteiger partial charge in [0.15, 0.2) is 9.84 Å². The van der Waals surface area contributed by atoms with Crippen molar-refractivity contribution < 1.29 is 13.2 Å². The Labute approximate surface area is 153 Å². The smallest absolute Gasteiger partial charge is 0.223 e. The largest absolute Gasteiger partial charge is 0.368 e. The van der Waals surface area contributed by atoms with E-state index in [0.29, 0.717) is 13.1 Å². The molecule has 2 aliphatic rings. The monoisotopic (exact) mass is 370 g/mol. The van der Waals surface area contributed by atoms with E-state index in [1.54, 1.807) is 6.08 Å². The molecule has 136 valence electrons. The van der Waals surface area contributed by atoms with Gasteiger partial charge in [-0.1, -0.05) is 36.4 Å². The standard InChI is InChI=1S/C20H22N2O3S/c23-20(13-16-7-12-26(24,25)15-16)22-10-8-21(9-11-22)19-6-5-17-3-1-2-4-18(17)14-19/h1-7,12,14,16H,8-11,13,15H2/t16-/m0/s1. The Morgan fingerprint density at radius 1 is 1.00 bits per heavy atom. The van der Waals surface area contributed by atoms with Crippen molar-refractivity contribution in [3.8, 4) is 0 Å². The number of carbonyl (C=O) groups is 1. The molecule has 1 atom stereocenters. The quantitative estimate of drug-likeness (QED) is 0.833. The van der Waals surface area contributed by atoms with E-state index < -0.39 is 9.84 Å². The Bertz CT molecular complexity index is 960. The van der Waals surface area contributed by atoms with Gasteiger partial charge in [-0.15, -0.1) is 0 Å². The molecule has 0 bridgehead atoms. The molecule has 5 nitrogen and oxygen atoms in total. The highest BCUT2D eigenvalue weighted by atomic mass is 32.2. The first kappa shape index (κ1) is 17.1. The van der Waals surface area contributed by atoms with Gasteiger partial charge < -0.3 is 9.80 Å². The van der Waals surface area contributed by atoms with Gasteiger partial charge in [0, 0.05) is 49.6 Å². The normalized spacial score (nSPS) is 22.1. The van der Waals surface area contributed by atoms with Crippen LogP contribution >= 0.6 is 0 Å². The summed E-state index contributed by atoms with van der Waals surface area (Å²) in [6.45, 7) is 2.94. The molecule has 0 radical (unpaired) electrons. The second kappa shape index (κ2) is 6.76. The van der Waals surface area contributed by atoms with Crippen LogP contribution in [-0.4, -0.2) is 51.2 Å². The van der Waals surface area contributed by atoms with Crippen molar-refractivity contribution in [2.45, 2.75) is 6.42 Å². The van der Waals surface area contributed by atoms with Crippen molar-refractivity contribution in [1.82, 2.24) is 4.90 Å². The lowest BCUT2D eigenvalue weighted by Gasteiger charge is -2.36. The number of fused-ring (bicyclic) bond motifs is 1. The Balaban J connectivity index is 1.36. The molecule has 0 saturated carbocycles. The molecule has 6 heteroatoms. The minimum absolute atomic E-state index is 0.0508. The van der Waals surface area contributed by atoms with E-state index in [4.69, 9.17) is 0 Å². The van der Waals surface area contributed by atoms with E-state index in [2.05, 4.69) is 35.2 Å². The van der Waals surface area contributed by atoms with Crippen LogP contribution in [0.3, 0.4) is 0 Å². The Hall–Kier alpha value is -2.34. The van der Waals surface area contributed by atoms with Gasteiger partial charge in [0.2, 0.25) is 5.91 Å². The first-order chi connectivity index (χ1) is 12.5. The molecule has 2 heterocycles. The minimum Gasteiger partial charge on any atom is -0.368 e. The summed E-state index contributed by atoms with van der Waals surface area (Å²) in [6, 6.07) is 14.8. The summed E-state index contributed by atoms with van der Waals surface area (Å²) in [5.41, 5.74) is 1.18. The van der Waals surface area contributed by atoms with Crippen molar-refractivity contribution in [3.05, 3.63) is 53.9 Å². The summed E-state index contributed by atoms with van der Waals surface area (Å²) >= 11 is 0. The van der Waals surface area contributed by atoms with Gasteiger partial charge in [-0.2, -0.15) is 0 Å². The first-order valence-electron chi connectivity index (χ1n) is 8.93. The third kappa shape index (κ3) is 3.60. The molecule has 0 aliphatic carbocycles. The molecule has 0 aromatic heterocycles. The average Bonchev–Trinajstić information content (AvgIpc) is 2.99. The topological polar surface area (TPSA) is 57.7 Å². The summed E-state index contributed by atoms with van der Waals surface area (Å²) in [6.07, 6.45) is 1.93. The second-order valence-corrected chi connectivity index (χ2v) is 8.95. The van der Waals surface area contributed by atoms with Crippen LogP contribution in [0.25, 0.3) is 10.8 Å². The number of allylic oxidation sites excluding steroid dienone is 1. The molecular formula is C20H22N2O3S. The highest BCUT2D eigenvalue weighted by molar-refractivity contribution is 7.94. The van der Waals surface area contributed by atoms with E-state index in [0.717, 1.165) is 13.1 Å². The van der Waals surface area contributed by atoms with Crippen LogP contribution in [0.1, 0.15) is 6.42 Å². The molecule has 26 heavy (non-hydrogen) atoms. The van der Waals surface area contributed by atoms with E-state index in [1.807, 2.05) is 17.0 Å². The highest BCUT2D eigenvalue weighted by Crippen LogP contribution is 2.24. The fraction of sp³-hybridized carbons (Fsp3) is 0.350. The molecule has 0 N–H and O–H groups in total.